The van der Waals surface area contributed by atoms with E-state index in [1.54, 1.807) is 0 Å². The quantitative estimate of drug-likeness (QED) is 0.736. The zero-order chi connectivity index (χ0) is 10.2. The van der Waals surface area contributed by atoms with E-state index in [2.05, 4.69) is 15.9 Å². The summed E-state index contributed by atoms with van der Waals surface area (Å²) in [7, 11) is 0. The number of hydrogen-bond acceptors (Lipinski definition) is 2. The van der Waals surface area contributed by atoms with Crippen molar-refractivity contribution in [1.82, 2.24) is 4.98 Å². The van der Waals surface area contributed by atoms with Gasteiger partial charge >= 0.3 is 5.97 Å². The zero-order valence-corrected chi connectivity index (χ0v) is 6.73. The number of halogens is 1. The highest BCUT2D eigenvalue weighted by molar-refractivity contribution is 9.10. The predicted molar refractivity (Wildman–Crippen MR) is 41.7 cm³/mol. The monoisotopic (exact) mass is 219 g/mol. The van der Waals surface area contributed by atoms with Crippen LogP contribution in [0.15, 0.2) is 21.5 Å². The van der Waals surface area contributed by atoms with Crippen LogP contribution in [0.5, 0.6) is 0 Å². The number of carboxylic acid groups (broad SMARTS) is 1. The third kappa shape index (κ3) is 1.68. The van der Waals surface area contributed by atoms with Crippen molar-refractivity contribution in [2.75, 3.05) is 0 Å². The summed E-state index contributed by atoms with van der Waals surface area (Å²) in [5.74, 6) is -1.48. The summed E-state index contributed by atoms with van der Waals surface area (Å²) in [5, 5.41) is 8.54. The molecule has 0 aliphatic heterocycles. The van der Waals surface area contributed by atoms with Gasteiger partial charge in [0, 0.05) is 10.6 Å². The number of carbonyl (C=O) groups is 1. The summed E-state index contributed by atoms with van der Waals surface area (Å²) in [4.78, 5) is 23.4. The van der Waals surface area contributed by atoms with E-state index >= 15 is 0 Å². The molecule has 0 bridgehead atoms. The Morgan fingerprint density at radius 1 is 1.82 bits per heavy atom. The van der Waals surface area contributed by atoms with Gasteiger partial charge in [0.1, 0.15) is 5.56 Å². The van der Waals surface area contributed by atoms with Crippen LogP contribution in [0.4, 0.5) is 0 Å². The van der Waals surface area contributed by atoms with Crippen molar-refractivity contribution in [1.29, 1.82) is 0 Å². The molecule has 0 spiro atoms. The van der Waals surface area contributed by atoms with Gasteiger partial charge in [0.2, 0.25) is 0 Å². The molecule has 5 heteroatoms. The van der Waals surface area contributed by atoms with Crippen molar-refractivity contribution in [3.8, 4) is 0 Å². The molecule has 0 fully saturated rings. The van der Waals surface area contributed by atoms with E-state index in [1.807, 2.05) is 4.98 Å². The number of H-pyrrole nitrogens is 1. The molecule has 11 heavy (non-hydrogen) atoms. The van der Waals surface area contributed by atoms with Gasteiger partial charge in [-0.1, -0.05) is 0 Å². The SMILES string of the molecule is [2H]c1[nH]c(=O)c(C(=O)O)c([2H])c1Br. The molecule has 2 N–H and O–H groups in total. The molecule has 1 aromatic rings. The Morgan fingerprint density at radius 3 is 3.00 bits per heavy atom. The van der Waals surface area contributed by atoms with Crippen LogP contribution in [0.25, 0.3) is 0 Å². The molecule has 58 valence electrons. The fraction of sp³-hybridized carbons (Fsp3) is 0. The number of aromatic carboxylic acids is 1. The van der Waals surface area contributed by atoms with Crippen LogP contribution in [0.1, 0.15) is 13.1 Å². The summed E-state index contributed by atoms with van der Waals surface area (Å²) in [6, 6.07) is -0.485. The van der Waals surface area contributed by atoms with Gasteiger partial charge in [-0.2, -0.15) is 0 Å². The summed E-state index contributed by atoms with van der Waals surface area (Å²) in [6.07, 6.45) is -0.306. The third-order valence-corrected chi connectivity index (χ3v) is 1.36. The average molecular weight is 220 g/mol. The lowest BCUT2D eigenvalue weighted by atomic mass is 10.3. The molecule has 1 heterocycles. The standard InChI is InChI=1S/C6H4BrNO3/c7-3-1-4(6(10)11)5(9)8-2-3/h1-2H,(H,8,9)(H,10,11)/i1D,2D. The smallest absolute Gasteiger partial charge is 0.341 e. The molecule has 0 saturated carbocycles. The Balaban J connectivity index is 3.63. The van der Waals surface area contributed by atoms with E-state index in [-0.39, 0.29) is 10.6 Å². The second-order valence-electron chi connectivity index (χ2n) is 1.70. The number of hydrogen-bond donors (Lipinski definition) is 2. The molecule has 0 saturated heterocycles. The number of pyridine rings is 1. The highest BCUT2D eigenvalue weighted by atomic mass is 79.9. The van der Waals surface area contributed by atoms with Crippen molar-refractivity contribution in [3.05, 3.63) is 32.6 Å². The van der Waals surface area contributed by atoms with Gasteiger partial charge in [-0.25, -0.2) is 4.79 Å². The molecule has 0 aromatic carbocycles. The maximum absolute atomic E-state index is 11.0. The second-order valence-corrected chi connectivity index (χ2v) is 2.49. The van der Waals surface area contributed by atoms with Gasteiger partial charge in [-0.05, 0) is 22.0 Å². The van der Waals surface area contributed by atoms with E-state index in [0.29, 0.717) is 0 Å². The maximum atomic E-state index is 11.0. The molecule has 0 radical (unpaired) electrons. The Hall–Kier alpha value is -1.10. The Bertz CT molecular complexity index is 429. The summed E-state index contributed by atoms with van der Waals surface area (Å²) < 4.78 is 14.3. The van der Waals surface area contributed by atoms with Crippen LogP contribution < -0.4 is 5.56 Å². The lowest BCUT2D eigenvalue weighted by Gasteiger charge is -1.92. The molecule has 0 aliphatic carbocycles. The van der Waals surface area contributed by atoms with Crippen molar-refractivity contribution < 1.29 is 12.6 Å². The van der Waals surface area contributed by atoms with E-state index in [0.717, 1.165) is 0 Å². The fourth-order valence-electron chi connectivity index (χ4n) is 0.522. The Labute approximate surface area is 72.8 Å². The number of carboxylic acids is 1. The average Bonchev–Trinajstić information content (AvgIpc) is 1.99. The second kappa shape index (κ2) is 2.87. The minimum atomic E-state index is -1.48. The third-order valence-electron chi connectivity index (χ3n) is 0.961. The van der Waals surface area contributed by atoms with Crippen molar-refractivity contribution in [3.63, 3.8) is 0 Å². The number of aromatic nitrogens is 1. The van der Waals surface area contributed by atoms with Gasteiger partial charge in [-0.3, -0.25) is 4.79 Å². The van der Waals surface area contributed by atoms with Crippen LogP contribution in [0.2, 0.25) is 0 Å². The molecule has 0 amide bonds. The number of aromatic amines is 1. The topological polar surface area (TPSA) is 70.2 Å². The van der Waals surface area contributed by atoms with Gasteiger partial charge < -0.3 is 10.1 Å². The van der Waals surface area contributed by atoms with Crippen LogP contribution in [-0.4, -0.2) is 16.1 Å². The first-order chi connectivity index (χ1) is 5.95. The zero-order valence-electron chi connectivity index (χ0n) is 7.14. The van der Waals surface area contributed by atoms with Gasteiger partial charge in [0.15, 0.2) is 0 Å². The normalized spacial score (nSPS) is 12.1. The number of nitrogens with one attached hydrogen (secondary N) is 1. The first-order valence-corrected chi connectivity index (χ1v) is 3.36. The first kappa shape index (κ1) is 5.54. The highest BCUT2D eigenvalue weighted by Crippen LogP contribution is 2.05. The lowest BCUT2D eigenvalue weighted by molar-refractivity contribution is 0.0695. The molecule has 1 rings (SSSR count). The molecule has 0 atom stereocenters. The largest absolute Gasteiger partial charge is 0.477 e. The van der Waals surface area contributed by atoms with E-state index < -0.39 is 23.1 Å². The van der Waals surface area contributed by atoms with Gasteiger partial charge in [-0.15, -0.1) is 0 Å². The van der Waals surface area contributed by atoms with Gasteiger partial charge in [0.05, 0.1) is 2.74 Å². The summed E-state index contributed by atoms with van der Waals surface area (Å²) >= 11 is 2.82. The molecule has 0 unspecified atom stereocenters. The molecule has 1 aromatic heterocycles. The van der Waals surface area contributed by atoms with Crippen molar-refractivity contribution >= 4 is 21.9 Å². The van der Waals surface area contributed by atoms with E-state index in [4.69, 9.17) is 7.85 Å². The van der Waals surface area contributed by atoms with Crippen molar-refractivity contribution in [2.24, 2.45) is 0 Å². The molecular weight excluding hydrogens is 214 g/mol. The van der Waals surface area contributed by atoms with Gasteiger partial charge in [0.25, 0.3) is 5.56 Å². The van der Waals surface area contributed by atoms with Crippen molar-refractivity contribution in [2.45, 2.75) is 0 Å². The molecular formula is C6H4BrNO3. The number of rotatable bonds is 1. The fourth-order valence-corrected chi connectivity index (χ4v) is 0.820. The minimum absolute atomic E-state index is 0.0375. The van der Waals surface area contributed by atoms with Crippen LogP contribution in [0, 0.1) is 0 Å². The lowest BCUT2D eigenvalue weighted by Crippen LogP contribution is -2.16. The highest BCUT2D eigenvalue weighted by Gasteiger charge is 2.07. The van der Waals surface area contributed by atoms with E-state index in [1.165, 1.54) is 0 Å². The van der Waals surface area contributed by atoms with Crippen LogP contribution in [-0.2, 0) is 0 Å². The predicted octanol–water partition coefficient (Wildman–Crippen LogP) is 0.836. The minimum Gasteiger partial charge on any atom is -0.477 e. The van der Waals surface area contributed by atoms with Crippen LogP contribution in [0.3, 0.4) is 0 Å². The molecule has 0 aliphatic rings. The maximum Gasteiger partial charge on any atom is 0.341 e. The van der Waals surface area contributed by atoms with E-state index in [9.17, 15) is 9.59 Å². The summed E-state index contributed by atoms with van der Waals surface area (Å²) in [5.41, 5.74) is -1.60. The first-order valence-electron chi connectivity index (χ1n) is 3.57. The summed E-state index contributed by atoms with van der Waals surface area (Å²) in [6.45, 7) is 0. The Kier molecular flexibility index (Phi) is 1.45. The Morgan fingerprint density at radius 2 is 2.45 bits per heavy atom. The van der Waals surface area contributed by atoms with Crippen LogP contribution >= 0.6 is 15.9 Å². The molecule has 4 nitrogen and oxygen atoms in total.